The first kappa shape index (κ1) is 15.3. The molecular formula is C13H7Br2F2NOS. The average Bonchev–Trinajstić information content (AvgIpc) is 2.35. The summed E-state index contributed by atoms with van der Waals surface area (Å²) in [4.78, 5) is 0.0864. The van der Waals surface area contributed by atoms with Crippen LogP contribution >= 0.6 is 44.1 Å². The molecule has 2 N–H and O–H groups in total. The molecule has 0 aromatic heterocycles. The minimum atomic E-state index is -1.08. The van der Waals surface area contributed by atoms with E-state index in [1.54, 1.807) is 18.2 Å². The molecule has 0 amide bonds. The van der Waals surface area contributed by atoms with Crippen LogP contribution < -0.4 is 10.5 Å². The molecule has 0 aliphatic carbocycles. The zero-order chi connectivity index (χ0) is 14.9. The Kier molecular flexibility index (Phi) is 4.72. The molecule has 0 bridgehead atoms. The molecule has 0 atom stereocenters. The molecule has 0 saturated heterocycles. The van der Waals surface area contributed by atoms with Crippen molar-refractivity contribution >= 4 is 49.1 Å². The summed E-state index contributed by atoms with van der Waals surface area (Å²) in [6, 6.07) is 7.30. The van der Waals surface area contributed by atoms with Crippen LogP contribution in [0.4, 0.5) is 8.78 Å². The largest absolute Gasteiger partial charge is 0.453 e. The number of thiocarbonyl (C=S) groups is 1. The van der Waals surface area contributed by atoms with E-state index in [1.165, 1.54) is 6.07 Å². The number of hydrogen-bond acceptors (Lipinski definition) is 2. The lowest BCUT2D eigenvalue weighted by molar-refractivity contribution is 0.415. The van der Waals surface area contributed by atoms with E-state index in [9.17, 15) is 8.78 Å². The maximum absolute atomic E-state index is 13.7. The van der Waals surface area contributed by atoms with E-state index >= 15 is 0 Å². The van der Waals surface area contributed by atoms with Gasteiger partial charge in [0, 0.05) is 8.95 Å². The van der Waals surface area contributed by atoms with E-state index in [4.69, 9.17) is 22.7 Å². The topological polar surface area (TPSA) is 35.2 Å². The molecule has 2 rings (SSSR count). The second-order valence-corrected chi connectivity index (χ2v) is 5.99. The highest BCUT2D eigenvalue weighted by atomic mass is 79.9. The smallest absolute Gasteiger partial charge is 0.201 e. The molecule has 2 nitrogen and oxygen atoms in total. The first-order chi connectivity index (χ1) is 9.40. The molecular weight excluding hydrogens is 416 g/mol. The fraction of sp³-hybridized carbons (Fsp3) is 0. The molecule has 0 fully saturated rings. The molecule has 2 aromatic rings. The van der Waals surface area contributed by atoms with Crippen molar-refractivity contribution < 1.29 is 13.5 Å². The zero-order valence-corrected chi connectivity index (χ0v) is 13.8. The fourth-order valence-electron chi connectivity index (χ4n) is 1.55. The summed E-state index contributed by atoms with van der Waals surface area (Å²) in [5, 5.41) is 0. The van der Waals surface area contributed by atoms with Gasteiger partial charge in [0.1, 0.15) is 10.7 Å². The molecule has 104 valence electrons. The predicted molar refractivity (Wildman–Crippen MR) is 84.2 cm³/mol. The lowest BCUT2D eigenvalue weighted by Gasteiger charge is -2.12. The van der Waals surface area contributed by atoms with Crippen LogP contribution in [0.2, 0.25) is 0 Å². The first-order valence-corrected chi connectivity index (χ1v) is 7.30. The Morgan fingerprint density at radius 3 is 2.50 bits per heavy atom. The van der Waals surface area contributed by atoms with E-state index < -0.39 is 11.6 Å². The molecule has 7 heteroatoms. The van der Waals surface area contributed by atoms with E-state index in [0.29, 0.717) is 14.5 Å². The highest BCUT2D eigenvalue weighted by Crippen LogP contribution is 2.34. The lowest BCUT2D eigenvalue weighted by atomic mass is 10.2. The Hall–Kier alpha value is -1.05. The third-order valence-electron chi connectivity index (χ3n) is 2.40. The second kappa shape index (κ2) is 6.15. The van der Waals surface area contributed by atoms with Crippen LogP contribution in [0.5, 0.6) is 11.5 Å². The highest BCUT2D eigenvalue weighted by molar-refractivity contribution is 9.10. The first-order valence-electron chi connectivity index (χ1n) is 5.31. The van der Waals surface area contributed by atoms with Crippen molar-refractivity contribution in [2.45, 2.75) is 0 Å². The van der Waals surface area contributed by atoms with Crippen molar-refractivity contribution in [2.75, 3.05) is 0 Å². The molecule has 0 aliphatic rings. The van der Waals surface area contributed by atoms with Crippen molar-refractivity contribution in [3.63, 3.8) is 0 Å². The van der Waals surface area contributed by atoms with Crippen LogP contribution in [0.1, 0.15) is 5.56 Å². The lowest BCUT2D eigenvalue weighted by Crippen LogP contribution is -2.11. The van der Waals surface area contributed by atoms with E-state index in [-0.39, 0.29) is 16.5 Å². The molecule has 0 aliphatic heterocycles. The Balaban J connectivity index is 2.51. The van der Waals surface area contributed by atoms with Crippen LogP contribution in [-0.4, -0.2) is 4.99 Å². The standard InChI is InChI=1S/C13H7Br2F2NOS/c14-6-4-8(16)12(17)10(5-6)19-9-3-1-2-7(15)11(9)13(18)20/h1-5H,(H2,18,20). The minimum Gasteiger partial charge on any atom is -0.453 e. The van der Waals surface area contributed by atoms with Gasteiger partial charge >= 0.3 is 0 Å². The third kappa shape index (κ3) is 3.16. The summed E-state index contributed by atoms with van der Waals surface area (Å²) < 4.78 is 33.4. The monoisotopic (exact) mass is 421 g/mol. The van der Waals surface area contributed by atoms with Gasteiger partial charge in [0.05, 0.1) is 5.56 Å². The Labute approximate surface area is 136 Å². The van der Waals surface area contributed by atoms with Crippen LogP contribution in [0, 0.1) is 11.6 Å². The third-order valence-corrected chi connectivity index (χ3v) is 3.72. The summed E-state index contributed by atoms with van der Waals surface area (Å²) in [6.07, 6.45) is 0. The van der Waals surface area contributed by atoms with E-state index in [0.717, 1.165) is 6.07 Å². The number of ether oxygens (including phenoxy) is 1. The molecule has 20 heavy (non-hydrogen) atoms. The molecule has 0 radical (unpaired) electrons. The van der Waals surface area contributed by atoms with Crippen molar-refractivity contribution in [3.8, 4) is 11.5 Å². The SMILES string of the molecule is NC(=S)c1c(Br)cccc1Oc1cc(Br)cc(F)c1F. The van der Waals surface area contributed by atoms with Gasteiger partial charge in [-0.25, -0.2) is 4.39 Å². The number of halogens is 4. The quantitative estimate of drug-likeness (QED) is 0.563. The van der Waals surface area contributed by atoms with Gasteiger partial charge in [-0.2, -0.15) is 4.39 Å². The molecule has 0 unspecified atom stereocenters. The summed E-state index contributed by atoms with van der Waals surface area (Å²) >= 11 is 11.3. The molecule has 2 aromatic carbocycles. The summed E-state index contributed by atoms with van der Waals surface area (Å²) in [7, 11) is 0. The Morgan fingerprint density at radius 2 is 1.85 bits per heavy atom. The number of hydrogen-bond donors (Lipinski definition) is 1. The van der Waals surface area contributed by atoms with Crippen molar-refractivity contribution in [1.82, 2.24) is 0 Å². The predicted octanol–water partition coefficient (Wildman–Crippen LogP) is 4.92. The Bertz CT molecular complexity index is 694. The van der Waals surface area contributed by atoms with Gasteiger partial charge in [-0.3, -0.25) is 0 Å². The average molecular weight is 423 g/mol. The highest BCUT2D eigenvalue weighted by Gasteiger charge is 2.16. The summed E-state index contributed by atoms with van der Waals surface area (Å²) in [6.45, 7) is 0. The maximum atomic E-state index is 13.7. The zero-order valence-electron chi connectivity index (χ0n) is 9.79. The molecule has 0 saturated carbocycles. The van der Waals surface area contributed by atoms with Crippen LogP contribution in [0.3, 0.4) is 0 Å². The van der Waals surface area contributed by atoms with Gasteiger partial charge in [0.2, 0.25) is 5.82 Å². The minimum absolute atomic E-state index is 0.0864. The molecule has 0 spiro atoms. The van der Waals surface area contributed by atoms with Gasteiger partial charge in [0.25, 0.3) is 0 Å². The Morgan fingerprint density at radius 1 is 1.15 bits per heavy atom. The fourth-order valence-corrected chi connectivity index (χ4v) is 2.87. The van der Waals surface area contributed by atoms with Gasteiger partial charge in [0.15, 0.2) is 11.6 Å². The van der Waals surface area contributed by atoms with Gasteiger partial charge < -0.3 is 10.5 Å². The molecule has 0 heterocycles. The normalized spacial score (nSPS) is 10.4. The van der Waals surface area contributed by atoms with E-state index in [1.807, 2.05) is 0 Å². The summed E-state index contributed by atoms with van der Waals surface area (Å²) in [5.41, 5.74) is 6.03. The van der Waals surface area contributed by atoms with Gasteiger partial charge in [-0.1, -0.05) is 34.2 Å². The number of nitrogens with two attached hydrogens (primary N) is 1. The van der Waals surface area contributed by atoms with Crippen molar-refractivity contribution in [1.29, 1.82) is 0 Å². The summed E-state index contributed by atoms with van der Waals surface area (Å²) in [5.74, 6) is -2.11. The van der Waals surface area contributed by atoms with Gasteiger partial charge in [-0.05, 0) is 40.2 Å². The second-order valence-electron chi connectivity index (χ2n) is 3.78. The van der Waals surface area contributed by atoms with Crippen LogP contribution in [-0.2, 0) is 0 Å². The number of rotatable bonds is 3. The van der Waals surface area contributed by atoms with Gasteiger partial charge in [-0.15, -0.1) is 0 Å². The van der Waals surface area contributed by atoms with Crippen molar-refractivity contribution in [3.05, 3.63) is 56.5 Å². The van der Waals surface area contributed by atoms with Crippen LogP contribution in [0.25, 0.3) is 0 Å². The maximum Gasteiger partial charge on any atom is 0.201 e. The van der Waals surface area contributed by atoms with Crippen molar-refractivity contribution in [2.24, 2.45) is 5.73 Å². The number of benzene rings is 2. The van der Waals surface area contributed by atoms with E-state index in [2.05, 4.69) is 31.9 Å². The van der Waals surface area contributed by atoms with Crippen LogP contribution in [0.15, 0.2) is 39.3 Å².